The van der Waals surface area contributed by atoms with Gasteiger partial charge in [0.25, 0.3) is 0 Å². The van der Waals surface area contributed by atoms with Crippen LogP contribution in [0.2, 0.25) is 0 Å². The van der Waals surface area contributed by atoms with Crippen molar-refractivity contribution >= 4 is 28.9 Å². The molecule has 4 rings (SSSR count). The summed E-state index contributed by atoms with van der Waals surface area (Å²) < 4.78 is 12.9. The second kappa shape index (κ2) is 15.5. The number of carbonyl (C=O) groups excluding carboxylic acids is 1. The number of fused-ring (bicyclic) bond motifs is 1. The van der Waals surface area contributed by atoms with Gasteiger partial charge in [-0.2, -0.15) is 9.97 Å². The zero-order chi connectivity index (χ0) is 30.8. The Hall–Kier alpha value is -3.24. The van der Waals surface area contributed by atoms with Crippen LogP contribution in [0.1, 0.15) is 109 Å². The highest BCUT2D eigenvalue weighted by atomic mass is 16.6. The van der Waals surface area contributed by atoms with E-state index in [1.807, 2.05) is 20.8 Å². The van der Waals surface area contributed by atoms with E-state index in [-0.39, 0.29) is 18.5 Å². The summed E-state index contributed by atoms with van der Waals surface area (Å²) in [6, 6.07) is 8.67. The number of nitrogens with one attached hydrogen (secondary N) is 1. The largest absolute Gasteiger partial charge is 0.465 e. The number of hydrogen-bond donors (Lipinski definition) is 2. The number of aromatic nitrogens is 4. The lowest BCUT2D eigenvalue weighted by molar-refractivity contribution is -0.166. The van der Waals surface area contributed by atoms with Crippen molar-refractivity contribution in [1.82, 2.24) is 19.5 Å². The van der Waals surface area contributed by atoms with Crippen molar-refractivity contribution in [2.45, 2.75) is 123 Å². The van der Waals surface area contributed by atoms with E-state index in [9.17, 15) is 9.90 Å². The fourth-order valence-electron chi connectivity index (χ4n) is 5.56. The summed E-state index contributed by atoms with van der Waals surface area (Å²) in [6.07, 6.45) is 11.1. The highest BCUT2D eigenvalue weighted by Gasteiger charge is 2.28. The van der Waals surface area contributed by atoms with Gasteiger partial charge in [-0.1, -0.05) is 69.7 Å². The van der Waals surface area contributed by atoms with Gasteiger partial charge in [-0.25, -0.2) is 4.98 Å². The minimum absolute atomic E-state index is 0.0274. The van der Waals surface area contributed by atoms with Gasteiger partial charge in [-0.15, -0.1) is 0 Å². The molecular formula is C33H50N6O4. The van der Waals surface area contributed by atoms with E-state index in [2.05, 4.69) is 41.5 Å². The molecule has 2 heterocycles. The van der Waals surface area contributed by atoms with Crippen molar-refractivity contribution in [3.63, 3.8) is 0 Å². The molecule has 0 spiro atoms. The van der Waals surface area contributed by atoms with Crippen LogP contribution in [-0.2, 0) is 27.4 Å². The summed E-state index contributed by atoms with van der Waals surface area (Å²) in [5.41, 5.74) is 2.81. The minimum Gasteiger partial charge on any atom is -0.465 e. The van der Waals surface area contributed by atoms with Crippen LogP contribution in [0.15, 0.2) is 30.6 Å². The van der Waals surface area contributed by atoms with Crippen LogP contribution in [0.3, 0.4) is 0 Å². The maximum atomic E-state index is 12.4. The standard InChI is InChI=1S/C33H50N6O4/c1-6-8-9-13-20-34-29-28-30(38(23-35-28)22-27(40)42-7-2)37-31(36-29)39(32(41)43-33(3,4)5)21-24-16-18-26(19-17-24)25-14-11-10-12-15-25/h16-19,23,25,32,41H,6-15,20-22H2,1-5H3,(H,34,36,37). The molecule has 10 nitrogen and oxygen atoms in total. The number of nitrogens with zero attached hydrogens (tertiary/aromatic N) is 5. The summed E-state index contributed by atoms with van der Waals surface area (Å²) in [4.78, 5) is 28.3. The molecule has 2 aromatic heterocycles. The van der Waals surface area contributed by atoms with E-state index in [4.69, 9.17) is 19.4 Å². The van der Waals surface area contributed by atoms with Gasteiger partial charge in [0.05, 0.1) is 25.1 Å². The predicted octanol–water partition coefficient (Wildman–Crippen LogP) is 6.53. The SMILES string of the molecule is CCCCCCNc1nc(N(Cc2ccc(C3CCCCC3)cc2)C(O)OC(C)(C)C)nc2c1ncn2CC(=O)OCC. The summed E-state index contributed by atoms with van der Waals surface area (Å²) in [5.74, 6) is 1.08. The molecule has 0 amide bonds. The Bertz CT molecular complexity index is 1300. The average Bonchev–Trinajstić information content (AvgIpc) is 3.38. The Labute approximate surface area is 256 Å². The highest BCUT2D eigenvalue weighted by Crippen LogP contribution is 2.33. The zero-order valence-electron chi connectivity index (χ0n) is 26.6. The van der Waals surface area contributed by atoms with Crippen molar-refractivity contribution in [3.05, 3.63) is 41.7 Å². The number of rotatable bonds is 15. The molecule has 1 aliphatic carbocycles. The van der Waals surface area contributed by atoms with Crippen LogP contribution < -0.4 is 10.2 Å². The lowest BCUT2D eigenvalue weighted by atomic mass is 9.84. The number of hydrogen-bond acceptors (Lipinski definition) is 9. The predicted molar refractivity (Wildman–Crippen MR) is 170 cm³/mol. The molecular weight excluding hydrogens is 544 g/mol. The zero-order valence-corrected chi connectivity index (χ0v) is 26.6. The maximum absolute atomic E-state index is 12.4. The number of imidazole rings is 1. The first-order valence-corrected chi connectivity index (χ1v) is 16.0. The molecule has 3 aromatic rings. The van der Waals surface area contributed by atoms with Gasteiger partial charge in [0, 0.05) is 6.54 Å². The molecule has 1 aromatic carbocycles. The van der Waals surface area contributed by atoms with Gasteiger partial charge < -0.3 is 24.5 Å². The minimum atomic E-state index is -1.31. The van der Waals surface area contributed by atoms with E-state index in [1.54, 1.807) is 22.7 Å². The fraction of sp³-hybridized carbons (Fsp3) is 0.636. The van der Waals surface area contributed by atoms with Crippen molar-refractivity contribution in [2.24, 2.45) is 0 Å². The van der Waals surface area contributed by atoms with Crippen molar-refractivity contribution < 1.29 is 19.4 Å². The lowest BCUT2D eigenvalue weighted by Gasteiger charge is -2.33. The number of anilines is 2. The van der Waals surface area contributed by atoms with E-state index in [1.165, 1.54) is 44.1 Å². The molecule has 1 atom stereocenters. The van der Waals surface area contributed by atoms with E-state index in [0.717, 1.165) is 31.4 Å². The normalized spacial score (nSPS) is 15.0. The second-order valence-corrected chi connectivity index (χ2v) is 12.5. The van der Waals surface area contributed by atoms with E-state index in [0.29, 0.717) is 36.1 Å². The molecule has 1 saturated carbocycles. The van der Waals surface area contributed by atoms with Crippen LogP contribution in [0.5, 0.6) is 0 Å². The summed E-state index contributed by atoms with van der Waals surface area (Å²) >= 11 is 0. The summed E-state index contributed by atoms with van der Waals surface area (Å²) in [5, 5.41) is 14.8. The number of aliphatic hydroxyl groups is 1. The van der Waals surface area contributed by atoms with Crippen LogP contribution in [0.4, 0.5) is 11.8 Å². The first-order chi connectivity index (χ1) is 20.7. The molecule has 43 heavy (non-hydrogen) atoms. The van der Waals surface area contributed by atoms with Gasteiger partial charge in [-0.05, 0) is 64.0 Å². The monoisotopic (exact) mass is 594 g/mol. The molecule has 0 saturated heterocycles. The van der Waals surface area contributed by atoms with Gasteiger partial charge >= 0.3 is 5.97 Å². The van der Waals surface area contributed by atoms with Crippen molar-refractivity contribution in [1.29, 1.82) is 0 Å². The Balaban J connectivity index is 1.69. The van der Waals surface area contributed by atoms with Crippen molar-refractivity contribution in [2.75, 3.05) is 23.4 Å². The Kier molecular flexibility index (Phi) is 11.8. The smallest absolute Gasteiger partial charge is 0.326 e. The molecule has 0 aliphatic heterocycles. The van der Waals surface area contributed by atoms with Crippen LogP contribution in [-0.4, -0.2) is 55.8 Å². The molecule has 10 heteroatoms. The molecule has 236 valence electrons. The Morgan fingerprint density at radius 3 is 2.51 bits per heavy atom. The molecule has 1 unspecified atom stereocenters. The van der Waals surface area contributed by atoms with Crippen LogP contribution in [0.25, 0.3) is 11.2 Å². The molecule has 1 aliphatic rings. The van der Waals surface area contributed by atoms with Gasteiger partial charge in [0.2, 0.25) is 12.4 Å². The maximum Gasteiger partial charge on any atom is 0.326 e. The Morgan fingerprint density at radius 2 is 1.84 bits per heavy atom. The van der Waals surface area contributed by atoms with Crippen LogP contribution in [0, 0.1) is 0 Å². The second-order valence-electron chi connectivity index (χ2n) is 12.5. The van der Waals surface area contributed by atoms with Gasteiger partial charge in [0.15, 0.2) is 17.0 Å². The molecule has 1 fully saturated rings. The number of benzene rings is 1. The average molecular weight is 595 g/mol. The number of unbranched alkanes of at least 4 members (excludes halogenated alkanes) is 3. The van der Waals surface area contributed by atoms with E-state index < -0.39 is 12.0 Å². The fourth-order valence-corrected chi connectivity index (χ4v) is 5.56. The lowest BCUT2D eigenvalue weighted by Crippen LogP contribution is -2.42. The van der Waals surface area contributed by atoms with E-state index >= 15 is 0 Å². The number of carbonyl (C=O) groups is 1. The first kappa shape index (κ1) is 32.7. The van der Waals surface area contributed by atoms with Crippen LogP contribution >= 0.6 is 0 Å². The Morgan fingerprint density at radius 1 is 1.09 bits per heavy atom. The number of ether oxygens (including phenoxy) is 2. The van der Waals surface area contributed by atoms with Gasteiger partial charge in [0.1, 0.15) is 6.54 Å². The molecule has 0 radical (unpaired) electrons. The summed E-state index contributed by atoms with van der Waals surface area (Å²) in [7, 11) is 0. The molecule has 0 bridgehead atoms. The highest BCUT2D eigenvalue weighted by molar-refractivity contribution is 5.85. The summed E-state index contributed by atoms with van der Waals surface area (Å²) in [6.45, 7) is 11.0. The third-order valence-corrected chi connectivity index (χ3v) is 7.77. The number of esters is 1. The topological polar surface area (TPSA) is 115 Å². The quantitative estimate of drug-likeness (QED) is 0.115. The third kappa shape index (κ3) is 9.37. The van der Waals surface area contributed by atoms with Gasteiger partial charge in [-0.3, -0.25) is 9.69 Å². The molecule has 2 N–H and O–H groups in total. The van der Waals surface area contributed by atoms with Crippen molar-refractivity contribution in [3.8, 4) is 0 Å². The third-order valence-electron chi connectivity index (χ3n) is 7.77. The number of aliphatic hydroxyl groups excluding tert-OH is 1. The first-order valence-electron chi connectivity index (χ1n) is 16.0.